The summed E-state index contributed by atoms with van der Waals surface area (Å²) in [7, 11) is 0. The summed E-state index contributed by atoms with van der Waals surface area (Å²) in [6, 6.07) is 0. The van der Waals surface area contributed by atoms with E-state index in [1.165, 1.54) is 0 Å². The Morgan fingerprint density at radius 2 is 2.27 bits per heavy atom. The Labute approximate surface area is 66.9 Å². The largest absolute Gasteiger partial charge is 0.390 e. The maximum absolute atomic E-state index is 9.43. The Balaban J connectivity index is 2.78. The number of hydrogen-bond donors (Lipinski definition) is 2. The van der Waals surface area contributed by atoms with Crippen LogP contribution in [-0.2, 0) is 0 Å². The van der Waals surface area contributed by atoms with Crippen LogP contribution in [0, 0.1) is 0 Å². The topological polar surface area (TPSA) is 40.5 Å². The molecule has 62 valence electrons. The van der Waals surface area contributed by atoms with Gasteiger partial charge in [-0.1, -0.05) is 18.2 Å². The van der Waals surface area contributed by atoms with Crippen LogP contribution in [0.5, 0.6) is 0 Å². The predicted octanol–water partition coefficient (Wildman–Crippen LogP) is 1.00. The molecule has 0 radical (unpaired) electrons. The van der Waals surface area contributed by atoms with Crippen molar-refractivity contribution in [2.45, 2.75) is 32.0 Å². The number of aliphatic hydroxyl groups excluding tert-OH is 2. The van der Waals surface area contributed by atoms with Crippen molar-refractivity contribution in [1.29, 1.82) is 0 Å². The molecule has 0 fully saturated rings. The van der Waals surface area contributed by atoms with Gasteiger partial charge in [0.2, 0.25) is 0 Å². The lowest BCUT2D eigenvalue weighted by molar-refractivity contribution is 0.0328. The first-order valence-electron chi connectivity index (χ1n) is 3.85. The first-order valence-corrected chi connectivity index (χ1v) is 3.85. The van der Waals surface area contributed by atoms with Gasteiger partial charge in [0.15, 0.2) is 0 Å². The zero-order chi connectivity index (χ0) is 8.43. The van der Waals surface area contributed by atoms with Crippen LogP contribution in [0.25, 0.3) is 0 Å². The van der Waals surface area contributed by atoms with E-state index < -0.39 is 12.2 Å². The van der Waals surface area contributed by atoms with E-state index in [0.717, 1.165) is 17.6 Å². The standard InChI is InChI=1S/C9H14O2/c1-6(2)7-4-3-5-8(10)9(7)11/h4,8-11H,1,3,5H2,2H3/t8-,9+/m0/s1. The van der Waals surface area contributed by atoms with Crippen LogP contribution in [0.3, 0.4) is 0 Å². The molecule has 0 bridgehead atoms. The normalized spacial score (nSPS) is 31.4. The van der Waals surface area contributed by atoms with Gasteiger partial charge in [0.25, 0.3) is 0 Å². The summed E-state index contributed by atoms with van der Waals surface area (Å²) >= 11 is 0. The highest BCUT2D eigenvalue weighted by Gasteiger charge is 2.23. The summed E-state index contributed by atoms with van der Waals surface area (Å²) in [5.41, 5.74) is 1.64. The van der Waals surface area contributed by atoms with Gasteiger partial charge >= 0.3 is 0 Å². The van der Waals surface area contributed by atoms with Crippen molar-refractivity contribution < 1.29 is 10.2 Å². The first kappa shape index (κ1) is 8.50. The van der Waals surface area contributed by atoms with E-state index in [0.29, 0.717) is 6.42 Å². The van der Waals surface area contributed by atoms with Crippen molar-refractivity contribution in [3.63, 3.8) is 0 Å². The van der Waals surface area contributed by atoms with E-state index in [-0.39, 0.29) is 0 Å². The molecule has 1 aliphatic rings. The maximum Gasteiger partial charge on any atom is 0.105 e. The summed E-state index contributed by atoms with van der Waals surface area (Å²) < 4.78 is 0. The van der Waals surface area contributed by atoms with Gasteiger partial charge in [-0.15, -0.1) is 0 Å². The quantitative estimate of drug-likeness (QED) is 0.591. The van der Waals surface area contributed by atoms with Crippen molar-refractivity contribution in [3.8, 4) is 0 Å². The minimum Gasteiger partial charge on any atom is -0.390 e. The van der Waals surface area contributed by atoms with Crippen molar-refractivity contribution in [2.75, 3.05) is 0 Å². The van der Waals surface area contributed by atoms with E-state index in [1.54, 1.807) is 0 Å². The molecular formula is C9H14O2. The number of aliphatic hydroxyl groups is 2. The van der Waals surface area contributed by atoms with Crippen LogP contribution in [0.4, 0.5) is 0 Å². The summed E-state index contributed by atoms with van der Waals surface area (Å²) in [6.45, 7) is 5.56. The third-order valence-corrected chi connectivity index (χ3v) is 2.00. The number of allylic oxidation sites excluding steroid dienone is 1. The van der Waals surface area contributed by atoms with Gasteiger partial charge in [0.1, 0.15) is 6.10 Å². The first-order chi connectivity index (χ1) is 5.13. The van der Waals surface area contributed by atoms with E-state index in [9.17, 15) is 10.2 Å². The van der Waals surface area contributed by atoms with Crippen LogP contribution in [0.2, 0.25) is 0 Å². The van der Waals surface area contributed by atoms with Crippen LogP contribution < -0.4 is 0 Å². The van der Waals surface area contributed by atoms with E-state index >= 15 is 0 Å². The fourth-order valence-corrected chi connectivity index (χ4v) is 1.32. The predicted molar refractivity (Wildman–Crippen MR) is 44.1 cm³/mol. The van der Waals surface area contributed by atoms with Gasteiger partial charge in [0.05, 0.1) is 6.10 Å². The maximum atomic E-state index is 9.43. The highest BCUT2D eigenvalue weighted by molar-refractivity contribution is 5.32. The SMILES string of the molecule is C=C(C)C1=CCC[C@H](O)[C@@H]1O. The second kappa shape index (κ2) is 3.20. The monoisotopic (exact) mass is 154 g/mol. The highest BCUT2D eigenvalue weighted by Crippen LogP contribution is 2.23. The van der Waals surface area contributed by atoms with E-state index in [1.807, 2.05) is 13.0 Å². The van der Waals surface area contributed by atoms with Gasteiger partial charge in [0, 0.05) is 0 Å². The number of hydrogen-bond acceptors (Lipinski definition) is 2. The molecule has 2 atom stereocenters. The molecule has 1 aliphatic carbocycles. The summed E-state index contributed by atoms with van der Waals surface area (Å²) in [6.07, 6.45) is 2.10. The summed E-state index contributed by atoms with van der Waals surface area (Å²) in [5, 5.41) is 18.7. The second-order valence-corrected chi connectivity index (χ2v) is 3.03. The third kappa shape index (κ3) is 1.70. The molecule has 0 aromatic carbocycles. The third-order valence-electron chi connectivity index (χ3n) is 2.00. The molecule has 0 amide bonds. The Kier molecular flexibility index (Phi) is 2.47. The zero-order valence-corrected chi connectivity index (χ0v) is 6.75. The molecule has 0 aromatic heterocycles. The van der Waals surface area contributed by atoms with Crippen molar-refractivity contribution in [1.82, 2.24) is 0 Å². The molecule has 2 N–H and O–H groups in total. The Morgan fingerprint density at radius 1 is 1.64 bits per heavy atom. The average Bonchev–Trinajstić information content (AvgIpc) is 1.94. The minimum absolute atomic E-state index is 0.605. The molecule has 0 aliphatic heterocycles. The Hall–Kier alpha value is -0.600. The smallest absolute Gasteiger partial charge is 0.105 e. The summed E-state index contributed by atoms with van der Waals surface area (Å²) in [4.78, 5) is 0. The summed E-state index contributed by atoms with van der Waals surface area (Å²) in [5.74, 6) is 0. The molecule has 2 heteroatoms. The molecule has 11 heavy (non-hydrogen) atoms. The molecule has 2 nitrogen and oxygen atoms in total. The van der Waals surface area contributed by atoms with Gasteiger partial charge < -0.3 is 10.2 Å². The molecule has 0 aromatic rings. The Morgan fingerprint density at radius 3 is 2.73 bits per heavy atom. The zero-order valence-electron chi connectivity index (χ0n) is 6.75. The van der Waals surface area contributed by atoms with Crippen molar-refractivity contribution in [3.05, 3.63) is 23.8 Å². The van der Waals surface area contributed by atoms with Gasteiger partial charge in [-0.3, -0.25) is 0 Å². The molecule has 0 saturated heterocycles. The molecular weight excluding hydrogens is 140 g/mol. The number of rotatable bonds is 1. The van der Waals surface area contributed by atoms with E-state index in [4.69, 9.17) is 0 Å². The second-order valence-electron chi connectivity index (χ2n) is 3.03. The Bertz CT molecular complexity index is 194. The van der Waals surface area contributed by atoms with Crippen LogP contribution >= 0.6 is 0 Å². The van der Waals surface area contributed by atoms with Crippen molar-refractivity contribution >= 4 is 0 Å². The van der Waals surface area contributed by atoms with Crippen LogP contribution in [0.1, 0.15) is 19.8 Å². The van der Waals surface area contributed by atoms with Crippen molar-refractivity contribution in [2.24, 2.45) is 0 Å². The molecule has 0 spiro atoms. The van der Waals surface area contributed by atoms with Gasteiger partial charge in [-0.05, 0) is 25.3 Å². The lowest BCUT2D eigenvalue weighted by Gasteiger charge is -2.24. The molecule has 0 heterocycles. The minimum atomic E-state index is -0.721. The lowest BCUT2D eigenvalue weighted by atomic mass is 9.90. The molecule has 0 saturated carbocycles. The fourth-order valence-electron chi connectivity index (χ4n) is 1.32. The van der Waals surface area contributed by atoms with Crippen LogP contribution in [0.15, 0.2) is 23.8 Å². The molecule has 1 rings (SSSR count). The molecule has 0 unspecified atom stereocenters. The van der Waals surface area contributed by atoms with Gasteiger partial charge in [-0.2, -0.15) is 0 Å². The highest BCUT2D eigenvalue weighted by atomic mass is 16.3. The average molecular weight is 154 g/mol. The van der Waals surface area contributed by atoms with E-state index in [2.05, 4.69) is 6.58 Å². The fraction of sp³-hybridized carbons (Fsp3) is 0.556. The lowest BCUT2D eigenvalue weighted by Crippen LogP contribution is -2.30. The van der Waals surface area contributed by atoms with Crippen LogP contribution in [-0.4, -0.2) is 22.4 Å². The van der Waals surface area contributed by atoms with Gasteiger partial charge in [-0.25, -0.2) is 0 Å².